The summed E-state index contributed by atoms with van der Waals surface area (Å²) in [5.41, 5.74) is 4.29. The summed E-state index contributed by atoms with van der Waals surface area (Å²) in [6.07, 6.45) is 9.66. The summed E-state index contributed by atoms with van der Waals surface area (Å²) in [6, 6.07) is 14.6. The second-order valence-corrected chi connectivity index (χ2v) is 5.58. The number of pyridine rings is 1. The highest BCUT2D eigenvalue weighted by Crippen LogP contribution is 2.30. The van der Waals surface area contributed by atoms with Crippen molar-refractivity contribution in [2.24, 2.45) is 7.05 Å². The van der Waals surface area contributed by atoms with E-state index in [0.29, 0.717) is 0 Å². The number of nitrogens with one attached hydrogen (secondary N) is 1. The number of nitrogens with zero attached hydrogens (tertiary/aromatic N) is 2. The zero-order valence-electron chi connectivity index (χ0n) is 14.0. The van der Waals surface area contributed by atoms with Crippen LogP contribution >= 0.6 is 0 Å². The second-order valence-electron chi connectivity index (χ2n) is 5.58. The second kappa shape index (κ2) is 7.01. The minimum absolute atomic E-state index is 0.804. The number of anilines is 1. The van der Waals surface area contributed by atoms with E-state index in [1.165, 1.54) is 5.56 Å². The molecule has 0 unspecified atom stereocenters. The van der Waals surface area contributed by atoms with Crippen LogP contribution in [0.1, 0.15) is 6.92 Å². The fourth-order valence-corrected chi connectivity index (χ4v) is 2.72. The van der Waals surface area contributed by atoms with E-state index >= 15 is 0 Å². The first kappa shape index (κ1) is 15.8. The highest BCUT2D eigenvalue weighted by atomic mass is 15.0. The molecule has 0 bridgehead atoms. The fourth-order valence-electron chi connectivity index (χ4n) is 2.72. The van der Waals surface area contributed by atoms with Crippen molar-refractivity contribution in [1.82, 2.24) is 9.55 Å². The molecule has 1 N–H and O–H groups in total. The minimum Gasteiger partial charge on any atom is -0.343 e. The molecule has 0 saturated heterocycles. The molecule has 1 aromatic carbocycles. The predicted molar refractivity (Wildman–Crippen MR) is 103 cm³/mol. The van der Waals surface area contributed by atoms with Gasteiger partial charge in [-0.05, 0) is 30.7 Å². The number of benzene rings is 1. The topological polar surface area (TPSA) is 29.9 Å². The van der Waals surface area contributed by atoms with Gasteiger partial charge in [-0.2, -0.15) is 0 Å². The van der Waals surface area contributed by atoms with Crippen molar-refractivity contribution >= 4 is 16.7 Å². The van der Waals surface area contributed by atoms with Crippen molar-refractivity contribution in [3.05, 3.63) is 85.2 Å². The molecule has 120 valence electrons. The van der Waals surface area contributed by atoms with Crippen molar-refractivity contribution < 1.29 is 0 Å². The minimum atomic E-state index is 0.804. The molecule has 3 heteroatoms. The largest absolute Gasteiger partial charge is 0.343 e. The Kier molecular flexibility index (Phi) is 4.62. The number of aryl methyl sites for hydroxylation is 1. The lowest BCUT2D eigenvalue weighted by molar-refractivity contribution is 0.977. The standard InChI is InChI=1S/C21H21N3/c1-4-5-7-10-16(2)23-21-18-15-20(17-11-8-6-9-12-17)24(3)19(18)13-14-22-21/h4-15H,2H2,1,3H3,(H,22,23)/b5-4-,10-7-. The maximum Gasteiger partial charge on any atom is 0.139 e. The van der Waals surface area contributed by atoms with E-state index in [2.05, 4.69) is 58.8 Å². The maximum absolute atomic E-state index is 4.49. The van der Waals surface area contributed by atoms with E-state index in [1.54, 1.807) is 0 Å². The van der Waals surface area contributed by atoms with Crippen LogP contribution in [0.2, 0.25) is 0 Å². The van der Waals surface area contributed by atoms with Gasteiger partial charge in [0, 0.05) is 30.0 Å². The van der Waals surface area contributed by atoms with Gasteiger partial charge < -0.3 is 9.88 Å². The Hall–Kier alpha value is -3.07. The molecule has 0 saturated carbocycles. The zero-order valence-corrected chi connectivity index (χ0v) is 14.0. The van der Waals surface area contributed by atoms with Gasteiger partial charge in [-0.25, -0.2) is 4.98 Å². The molecule has 0 atom stereocenters. The Morgan fingerprint density at radius 1 is 1.17 bits per heavy atom. The van der Waals surface area contributed by atoms with Gasteiger partial charge in [0.1, 0.15) is 5.82 Å². The van der Waals surface area contributed by atoms with Crippen LogP contribution in [0.5, 0.6) is 0 Å². The molecule has 0 spiro atoms. The summed E-state index contributed by atoms with van der Waals surface area (Å²) in [7, 11) is 2.08. The average molecular weight is 315 g/mol. The molecule has 3 aromatic rings. The molecule has 2 aromatic heterocycles. The average Bonchev–Trinajstić information content (AvgIpc) is 2.94. The number of rotatable bonds is 5. The lowest BCUT2D eigenvalue weighted by Crippen LogP contribution is -1.98. The van der Waals surface area contributed by atoms with Crippen LogP contribution in [-0.4, -0.2) is 9.55 Å². The molecule has 0 aliphatic heterocycles. The quantitative estimate of drug-likeness (QED) is 0.648. The van der Waals surface area contributed by atoms with Crippen LogP contribution in [0.4, 0.5) is 5.82 Å². The lowest BCUT2D eigenvalue weighted by atomic mass is 10.1. The van der Waals surface area contributed by atoms with E-state index in [9.17, 15) is 0 Å². The molecule has 0 radical (unpaired) electrons. The Bertz CT molecular complexity index is 915. The van der Waals surface area contributed by atoms with Gasteiger partial charge in [0.05, 0.1) is 5.52 Å². The van der Waals surface area contributed by atoms with Gasteiger partial charge in [-0.1, -0.05) is 55.1 Å². The number of aromatic nitrogens is 2. The molecule has 0 aliphatic carbocycles. The SMILES string of the molecule is C=C(/C=C\C=C/C)Nc1nccc2c1cc(-c1ccccc1)n2C. The first-order chi connectivity index (χ1) is 11.7. The third-order valence-corrected chi connectivity index (χ3v) is 3.92. The van der Waals surface area contributed by atoms with Gasteiger partial charge in [0.15, 0.2) is 0 Å². The van der Waals surface area contributed by atoms with Gasteiger partial charge in [-0.3, -0.25) is 0 Å². The fraction of sp³-hybridized carbons (Fsp3) is 0.0952. The number of hydrogen-bond acceptors (Lipinski definition) is 2. The molecule has 3 nitrogen and oxygen atoms in total. The van der Waals surface area contributed by atoms with Crippen LogP contribution < -0.4 is 5.32 Å². The maximum atomic E-state index is 4.49. The van der Waals surface area contributed by atoms with Crippen LogP contribution in [0.3, 0.4) is 0 Å². The van der Waals surface area contributed by atoms with Gasteiger partial charge in [-0.15, -0.1) is 0 Å². The van der Waals surface area contributed by atoms with Crippen molar-refractivity contribution in [2.45, 2.75) is 6.92 Å². The molecule has 24 heavy (non-hydrogen) atoms. The monoisotopic (exact) mass is 315 g/mol. The number of fused-ring (bicyclic) bond motifs is 1. The van der Waals surface area contributed by atoms with Crippen molar-refractivity contribution in [3.8, 4) is 11.3 Å². The van der Waals surface area contributed by atoms with Crippen molar-refractivity contribution in [2.75, 3.05) is 5.32 Å². The summed E-state index contributed by atoms with van der Waals surface area (Å²) in [4.78, 5) is 4.49. The normalized spacial score (nSPS) is 11.6. The summed E-state index contributed by atoms with van der Waals surface area (Å²) >= 11 is 0. The van der Waals surface area contributed by atoms with Crippen LogP contribution in [0.15, 0.2) is 85.2 Å². The molecule has 0 amide bonds. The van der Waals surface area contributed by atoms with E-state index in [0.717, 1.165) is 28.1 Å². The van der Waals surface area contributed by atoms with Crippen LogP contribution in [0.25, 0.3) is 22.2 Å². The van der Waals surface area contributed by atoms with E-state index in [-0.39, 0.29) is 0 Å². The van der Waals surface area contributed by atoms with Crippen LogP contribution in [0, 0.1) is 0 Å². The van der Waals surface area contributed by atoms with E-state index < -0.39 is 0 Å². The number of allylic oxidation sites excluding steroid dienone is 4. The van der Waals surface area contributed by atoms with E-state index in [4.69, 9.17) is 0 Å². The van der Waals surface area contributed by atoms with Crippen molar-refractivity contribution in [3.63, 3.8) is 0 Å². The first-order valence-corrected chi connectivity index (χ1v) is 7.96. The summed E-state index contributed by atoms with van der Waals surface area (Å²) in [5.74, 6) is 0.820. The third-order valence-electron chi connectivity index (χ3n) is 3.92. The smallest absolute Gasteiger partial charge is 0.139 e. The molecule has 0 fully saturated rings. The Morgan fingerprint density at radius 3 is 2.71 bits per heavy atom. The van der Waals surface area contributed by atoms with E-state index in [1.807, 2.05) is 49.6 Å². The Labute approximate surface area is 142 Å². The molecular formula is C21H21N3. The molecule has 3 rings (SSSR count). The highest BCUT2D eigenvalue weighted by Gasteiger charge is 2.11. The van der Waals surface area contributed by atoms with Crippen LogP contribution in [-0.2, 0) is 7.05 Å². The Balaban J connectivity index is 2.00. The van der Waals surface area contributed by atoms with Gasteiger partial charge in [0.25, 0.3) is 0 Å². The Morgan fingerprint density at radius 2 is 1.96 bits per heavy atom. The highest BCUT2D eigenvalue weighted by molar-refractivity contribution is 5.95. The number of hydrogen-bond donors (Lipinski definition) is 1. The third kappa shape index (κ3) is 3.15. The van der Waals surface area contributed by atoms with Gasteiger partial charge >= 0.3 is 0 Å². The molecule has 0 aliphatic rings. The predicted octanol–water partition coefficient (Wildman–Crippen LogP) is 5.30. The lowest BCUT2D eigenvalue weighted by Gasteiger charge is -2.06. The molecular weight excluding hydrogens is 294 g/mol. The summed E-state index contributed by atoms with van der Waals surface area (Å²) in [5, 5.41) is 4.38. The zero-order chi connectivity index (χ0) is 16.9. The van der Waals surface area contributed by atoms with Gasteiger partial charge in [0.2, 0.25) is 0 Å². The van der Waals surface area contributed by atoms with Crippen molar-refractivity contribution in [1.29, 1.82) is 0 Å². The summed E-state index contributed by atoms with van der Waals surface area (Å²) in [6.45, 7) is 6.02. The first-order valence-electron chi connectivity index (χ1n) is 7.96. The molecule has 2 heterocycles. The summed E-state index contributed by atoms with van der Waals surface area (Å²) < 4.78 is 2.19.